The third kappa shape index (κ3) is 6.46. The molecule has 0 spiro atoms. The van der Waals surface area contributed by atoms with E-state index in [1.807, 2.05) is 43.9 Å². The minimum absolute atomic E-state index is 0.0349. The average Bonchev–Trinajstić information content (AvgIpc) is 3.69. The van der Waals surface area contributed by atoms with E-state index in [1.54, 1.807) is 57.1 Å². The van der Waals surface area contributed by atoms with Crippen molar-refractivity contribution in [1.29, 1.82) is 5.26 Å². The second kappa shape index (κ2) is 13.4. The van der Waals surface area contributed by atoms with Crippen LogP contribution in [0.15, 0.2) is 72.4 Å². The smallest absolute Gasteiger partial charge is 0.264 e. The highest BCUT2D eigenvalue weighted by atomic mass is 19.1. The van der Waals surface area contributed by atoms with Crippen molar-refractivity contribution in [2.24, 2.45) is 0 Å². The average molecular weight is 651 g/mol. The maximum Gasteiger partial charge on any atom is 0.264 e. The number of nitriles is 1. The number of piperazine rings is 1. The fraction of sp³-hybridized carbons (Fsp3) is 0.361. The molecule has 12 heteroatoms. The lowest BCUT2D eigenvalue weighted by Crippen LogP contribution is -2.56. The van der Waals surface area contributed by atoms with Gasteiger partial charge in [0.25, 0.3) is 5.91 Å². The summed E-state index contributed by atoms with van der Waals surface area (Å²) >= 11 is 0. The van der Waals surface area contributed by atoms with Crippen LogP contribution in [0.4, 0.5) is 10.2 Å². The third-order valence-corrected chi connectivity index (χ3v) is 9.25. The number of likely N-dealkylation sites (N-methyl/N-ethyl adjacent to an activating group) is 1. The molecular formula is C36H39FN8O3. The Morgan fingerprint density at radius 3 is 2.65 bits per heavy atom. The number of fused-ring (bicyclic) bond motifs is 1. The summed E-state index contributed by atoms with van der Waals surface area (Å²) in [4.78, 5) is 36.2. The molecule has 2 aliphatic heterocycles. The standard InChI is InChI=1S/C36H39FN8O3/c1-4-42-17-18-43(23-31(42)46)36(2,3)20-24(21-38)35(47)44-16-8-9-25(44)22-45-30-14-15-40-34(39)32(30)33(41-45)28-13-12-27(19-29(28)37)48-26-10-6-5-7-11-26/h5-7,10-15,19-20,25H,4,8-9,16-18,22-23H2,1-3H3,(H2,39,40)/b24-20-/t25-/m0/s1. The summed E-state index contributed by atoms with van der Waals surface area (Å²) < 4.78 is 23.2. The summed E-state index contributed by atoms with van der Waals surface area (Å²) in [6.45, 7) is 8.74. The molecule has 4 aromatic rings. The summed E-state index contributed by atoms with van der Waals surface area (Å²) in [6.07, 6.45) is 4.73. The highest BCUT2D eigenvalue weighted by Crippen LogP contribution is 2.36. The topological polar surface area (TPSA) is 134 Å². The number of hydrogen-bond acceptors (Lipinski definition) is 8. The van der Waals surface area contributed by atoms with Gasteiger partial charge in [0, 0.05) is 49.5 Å². The number of nitrogen functional groups attached to an aromatic ring is 1. The Morgan fingerprint density at radius 1 is 1.15 bits per heavy atom. The van der Waals surface area contributed by atoms with Crippen molar-refractivity contribution in [1.82, 2.24) is 29.5 Å². The van der Waals surface area contributed by atoms with Crippen LogP contribution in [0.1, 0.15) is 33.6 Å². The molecule has 2 aliphatic rings. The zero-order valence-corrected chi connectivity index (χ0v) is 27.4. The van der Waals surface area contributed by atoms with Gasteiger partial charge in [-0.3, -0.25) is 19.2 Å². The lowest BCUT2D eigenvalue weighted by atomic mass is 9.97. The predicted octanol–water partition coefficient (Wildman–Crippen LogP) is 5.00. The van der Waals surface area contributed by atoms with Gasteiger partial charge in [-0.1, -0.05) is 18.2 Å². The molecule has 2 N–H and O–H groups in total. The Morgan fingerprint density at radius 2 is 1.94 bits per heavy atom. The van der Waals surface area contributed by atoms with E-state index in [2.05, 4.69) is 11.1 Å². The van der Waals surface area contributed by atoms with Gasteiger partial charge in [-0.2, -0.15) is 10.4 Å². The normalized spacial score (nSPS) is 17.6. The third-order valence-electron chi connectivity index (χ3n) is 9.25. The van der Waals surface area contributed by atoms with E-state index in [0.29, 0.717) is 67.2 Å². The molecule has 2 fully saturated rings. The van der Waals surface area contributed by atoms with Crippen LogP contribution >= 0.6 is 0 Å². The van der Waals surface area contributed by atoms with Crippen LogP contribution in [0.5, 0.6) is 11.5 Å². The molecule has 11 nitrogen and oxygen atoms in total. The number of amides is 2. The number of benzene rings is 2. The molecule has 0 bridgehead atoms. The van der Waals surface area contributed by atoms with Gasteiger partial charge in [0.2, 0.25) is 5.91 Å². The number of carbonyl (C=O) groups is 2. The number of para-hydroxylation sites is 1. The van der Waals surface area contributed by atoms with Crippen LogP contribution in [0.25, 0.3) is 22.2 Å². The summed E-state index contributed by atoms with van der Waals surface area (Å²) in [7, 11) is 0. The number of anilines is 1. The second-order valence-corrected chi connectivity index (χ2v) is 12.7. The monoisotopic (exact) mass is 650 g/mol. The number of nitrogens with zero attached hydrogens (tertiary/aromatic N) is 7. The van der Waals surface area contributed by atoms with Crippen LogP contribution in [-0.2, 0) is 16.1 Å². The van der Waals surface area contributed by atoms with Crippen molar-refractivity contribution in [3.05, 3.63) is 78.3 Å². The number of likely N-dealkylation sites (tertiary alicyclic amines) is 1. The minimum atomic E-state index is -0.686. The summed E-state index contributed by atoms with van der Waals surface area (Å²) in [5.74, 6) is 0.299. The van der Waals surface area contributed by atoms with E-state index >= 15 is 4.39 Å². The van der Waals surface area contributed by atoms with Gasteiger partial charge in [0.05, 0.1) is 30.0 Å². The largest absolute Gasteiger partial charge is 0.457 e. The Labute approximate surface area is 279 Å². The molecule has 0 radical (unpaired) electrons. The summed E-state index contributed by atoms with van der Waals surface area (Å²) in [5.41, 5.74) is 6.93. The van der Waals surface area contributed by atoms with E-state index in [0.717, 1.165) is 6.42 Å². The molecular weight excluding hydrogens is 611 g/mol. The Kier molecular flexibility index (Phi) is 9.15. The first-order chi connectivity index (χ1) is 23.1. The van der Waals surface area contributed by atoms with Crippen molar-refractivity contribution in [3.8, 4) is 28.8 Å². The molecule has 0 unspecified atom stereocenters. The van der Waals surface area contributed by atoms with Crippen molar-refractivity contribution in [2.75, 3.05) is 38.5 Å². The van der Waals surface area contributed by atoms with Crippen LogP contribution in [0.2, 0.25) is 0 Å². The number of ether oxygens (including phenoxy) is 1. The highest BCUT2D eigenvalue weighted by molar-refractivity contribution is 6.00. The Bertz CT molecular complexity index is 1920. The quantitative estimate of drug-likeness (QED) is 0.198. The van der Waals surface area contributed by atoms with Crippen molar-refractivity contribution < 1.29 is 18.7 Å². The van der Waals surface area contributed by atoms with Crippen LogP contribution in [0.3, 0.4) is 0 Å². The fourth-order valence-electron chi connectivity index (χ4n) is 6.62. The first-order valence-electron chi connectivity index (χ1n) is 16.2. The molecule has 6 rings (SSSR count). The number of halogens is 1. The first-order valence-corrected chi connectivity index (χ1v) is 16.2. The molecule has 1 atom stereocenters. The number of pyridine rings is 1. The molecule has 2 amide bonds. The van der Waals surface area contributed by atoms with Gasteiger partial charge in [-0.05, 0) is 70.0 Å². The van der Waals surface area contributed by atoms with Crippen LogP contribution < -0.4 is 10.5 Å². The Balaban J connectivity index is 1.25. The lowest BCUT2D eigenvalue weighted by Gasteiger charge is -2.42. The Hall–Kier alpha value is -5.28. The summed E-state index contributed by atoms with van der Waals surface area (Å²) in [5, 5.41) is 15.4. The van der Waals surface area contributed by atoms with E-state index < -0.39 is 11.4 Å². The number of carbonyl (C=O) groups excluding carboxylic acids is 2. The summed E-state index contributed by atoms with van der Waals surface area (Å²) in [6, 6.07) is 17.4. The molecule has 4 heterocycles. The number of hydrogen-bond donors (Lipinski definition) is 1. The lowest BCUT2D eigenvalue weighted by molar-refractivity contribution is -0.137. The van der Waals surface area contributed by atoms with Crippen molar-refractivity contribution in [2.45, 2.75) is 51.7 Å². The van der Waals surface area contributed by atoms with E-state index in [4.69, 9.17) is 15.6 Å². The second-order valence-electron chi connectivity index (χ2n) is 12.7. The van der Waals surface area contributed by atoms with E-state index in [-0.39, 0.29) is 41.4 Å². The first kappa shape index (κ1) is 32.7. The zero-order chi connectivity index (χ0) is 34.0. The zero-order valence-electron chi connectivity index (χ0n) is 27.4. The van der Waals surface area contributed by atoms with Crippen LogP contribution in [0, 0.1) is 17.1 Å². The number of rotatable bonds is 9. The van der Waals surface area contributed by atoms with Crippen molar-refractivity contribution >= 4 is 28.5 Å². The number of nitrogens with two attached hydrogens (primary N) is 1. The molecule has 2 saturated heterocycles. The molecule has 0 saturated carbocycles. The maximum atomic E-state index is 15.6. The minimum Gasteiger partial charge on any atom is -0.457 e. The molecule has 48 heavy (non-hydrogen) atoms. The van der Waals surface area contributed by atoms with E-state index in [1.165, 1.54) is 6.07 Å². The van der Waals surface area contributed by atoms with Crippen molar-refractivity contribution in [3.63, 3.8) is 0 Å². The fourth-order valence-corrected chi connectivity index (χ4v) is 6.62. The van der Waals surface area contributed by atoms with Gasteiger partial charge in [0.1, 0.15) is 40.5 Å². The van der Waals surface area contributed by atoms with E-state index in [9.17, 15) is 14.9 Å². The molecule has 2 aromatic carbocycles. The highest BCUT2D eigenvalue weighted by Gasteiger charge is 2.36. The SMILES string of the molecule is CCN1CCN(C(C)(C)/C=C(/C#N)C(=O)N2CCC[C@H]2Cn2nc(-c3ccc(Oc4ccccc4)cc3F)c3c(N)nccc32)CC1=O. The van der Waals surface area contributed by atoms with Gasteiger partial charge in [-0.25, -0.2) is 9.37 Å². The number of aromatic nitrogens is 3. The van der Waals surface area contributed by atoms with Gasteiger partial charge in [0.15, 0.2) is 0 Å². The van der Waals surface area contributed by atoms with Gasteiger partial charge >= 0.3 is 0 Å². The molecule has 248 valence electrons. The molecule has 2 aromatic heterocycles. The van der Waals surface area contributed by atoms with Crippen LogP contribution in [-0.4, -0.2) is 85.6 Å². The maximum absolute atomic E-state index is 15.6. The molecule has 0 aliphatic carbocycles. The predicted molar refractivity (Wildman–Crippen MR) is 180 cm³/mol. The van der Waals surface area contributed by atoms with Gasteiger partial charge in [-0.15, -0.1) is 0 Å². The van der Waals surface area contributed by atoms with Gasteiger partial charge < -0.3 is 20.3 Å².